The maximum absolute atomic E-state index is 5.73. The van der Waals surface area contributed by atoms with Gasteiger partial charge in [-0.25, -0.2) is 0 Å². The molecule has 0 unspecified atom stereocenters. The molecule has 0 saturated heterocycles. The molecule has 0 saturated carbocycles. The molecule has 0 N–H and O–H groups in total. The van der Waals surface area contributed by atoms with Gasteiger partial charge in [0.25, 0.3) is 0 Å². The van der Waals surface area contributed by atoms with E-state index in [1.807, 2.05) is 0 Å². The molecule has 0 aromatic carbocycles. The zero-order valence-electron chi connectivity index (χ0n) is 10.3. The summed E-state index contributed by atoms with van der Waals surface area (Å²) in [4.78, 5) is 0. The van der Waals surface area contributed by atoms with Gasteiger partial charge in [0, 0.05) is 24.3 Å². The molecule has 0 bridgehead atoms. The van der Waals surface area contributed by atoms with E-state index in [1.165, 1.54) is 0 Å². The summed E-state index contributed by atoms with van der Waals surface area (Å²) >= 11 is 0. The van der Waals surface area contributed by atoms with Gasteiger partial charge < -0.3 is 8.85 Å². The van der Waals surface area contributed by atoms with Crippen molar-refractivity contribution in [3.63, 3.8) is 0 Å². The normalized spacial score (nSPS) is 13.7. The minimum atomic E-state index is -2.15. The van der Waals surface area contributed by atoms with Crippen LogP contribution < -0.4 is 0 Å². The summed E-state index contributed by atoms with van der Waals surface area (Å²) in [5, 5.41) is 0.184. The highest BCUT2D eigenvalue weighted by molar-refractivity contribution is 6.73. The maximum Gasteiger partial charge on any atom is 0.348 e. The van der Waals surface area contributed by atoms with E-state index >= 15 is 0 Å². The molecule has 0 fully saturated rings. The van der Waals surface area contributed by atoms with E-state index in [9.17, 15) is 0 Å². The van der Waals surface area contributed by atoms with Crippen LogP contribution in [0, 0.1) is 0 Å². The van der Waals surface area contributed by atoms with E-state index in [0.717, 1.165) is 0 Å². The van der Waals surface area contributed by atoms with Gasteiger partial charge in [0.1, 0.15) is 0 Å². The molecule has 0 aliphatic carbocycles. The van der Waals surface area contributed by atoms with E-state index in [2.05, 4.69) is 41.5 Å². The molecule has 0 atom stereocenters. The standard InChI is InChI=1S/C10H24O2Si.H4Si/c1-9(2,3)13(11-7,12-8)10(4,5)6;/h1-8H3;1H4. The zero-order chi connectivity index (χ0) is 10.9. The second kappa shape index (κ2) is 4.92. The van der Waals surface area contributed by atoms with Gasteiger partial charge in [-0.05, 0) is 11.0 Å². The number of rotatable bonds is 2. The number of hydrogen-bond donors (Lipinski definition) is 0. The van der Waals surface area contributed by atoms with Crippen molar-refractivity contribution >= 4 is 19.5 Å². The Morgan fingerprint density at radius 3 is 0.929 bits per heavy atom. The largest absolute Gasteiger partial charge is 0.397 e. The molecule has 2 nitrogen and oxygen atoms in total. The van der Waals surface area contributed by atoms with Gasteiger partial charge in [-0.2, -0.15) is 0 Å². The van der Waals surface area contributed by atoms with Crippen molar-refractivity contribution in [2.45, 2.75) is 51.6 Å². The average Bonchev–Trinajstić information content (AvgIpc) is 1.84. The summed E-state index contributed by atoms with van der Waals surface area (Å²) in [5.74, 6) is 0. The first-order valence-electron chi connectivity index (χ1n) is 4.72. The van der Waals surface area contributed by atoms with Crippen LogP contribution in [0.1, 0.15) is 41.5 Å². The Balaban J connectivity index is 0. The smallest absolute Gasteiger partial charge is 0.348 e. The highest BCUT2D eigenvalue weighted by atomic mass is 28.4. The first kappa shape index (κ1) is 16.8. The van der Waals surface area contributed by atoms with E-state index in [-0.39, 0.29) is 21.0 Å². The Labute approximate surface area is 94.7 Å². The fourth-order valence-corrected chi connectivity index (χ4v) is 7.30. The van der Waals surface area contributed by atoms with Crippen molar-refractivity contribution in [2.24, 2.45) is 0 Å². The van der Waals surface area contributed by atoms with Crippen molar-refractivity contribution in [2.75, 3.05) is 14.2 Å². The summed E-state index contributed by atoms with van der Waals surface area (Å²) in [7, 11) is 1.39. The summed E-state index contributed by atoms with van der Waals surface area (Å²) in [6.45, 7) is 13.2. The van der Waals surface area contributed by atoms with E-state index < -0.39 is 8.56 Å². The van der Waals surface area contributed by atoms with Gasteiger partial charge in [0.15, 0.2) is 0 Å². The van der Waals surface area contributed by atoms with Crippen LogP contribution in [0.4, 0.5) is 0 Å². The molecule has 0 aliphatic rings. The first-order valence-corrected chi connectivity index (χ1v) is 6.54. The molecule has 0 aromatic heterocycles. The summed E-state index contributed by atoms with van der Waals surface area (Å²) < 4.78 is 11.5. The fraction of sp³-hybridized carbons (Fsp3) is 1.00. The highest BCUT2D eigenvalue weighted by Crippen LogP contribution is 2.51. The van der Waals surface area contributed by atoms with Crippen LogP contribution in [-0.2, 0) is 8.85 Å². The maximum atomic E-state index is 5.73. The molecule has 0 amide bonds. The minimum Gasteiger partial charge on any atom is -0.397 e. The molecular formula is C10H28O2Si2. The Bertz CT molecular complexity index is 148. The highest BCUT2D eigenvalue weighted by Gasteiger charge is 2.56. The molecule has 4 heteroatoms. The van der Waals surface area contributed by atoms with Gasteiger partial charge in [0.05, 0.1) is 0 Å². The second-order valence-corrected chi connectivity index (χ2v) is 10.6. The molecule has 0 rings (SSSR count). The van der Waals surface area contributed by atoms with Crippen molar-refractivity contribution in [1.29, 1.82) is 0 Å². The zero-order valence-corrected chi connectivity index (χ0v) is 11.3. The number of hydrogen-bond acceptors (Lipinski definition) is 2. The predicted octanol–water partition coefficient (Wildman–Crippen LogP) is 1.87. The molecule has 0 aliphatic heterocycles. The van der Waals surface area contributed by atoms with Crippen LogP contribution in [0.15, 0.2) is 0 Å². The molecule has 0 spiro atoms. The van der Waals surface area contributed by atoms with Crippen molar-refractivity contribution in [3.05, 3.63) is 0 Å². The Morgan fingerprint density at radius 2 is 0.929 bits per heavy atom. The monoisotopic (exact) mass is 236 g/mol. The van der Waals surface area contributed by atoms with Crippen LogP contribution >= 0.6 is 0 Å². The summed E-state index contributed by atoms with van der Waals surface area (Å²) in [6, 6.07) is 0. The van der Waals surface area contributed by atoms with Crippen molar-refractivity contribution < 1.29 is 8.85 Å². The van der Waals surface area contributed by atoms with Crippen LogP contribution in [0.5, 0.6) is 0 Å². The molecule has 88 valence electrons. The average molecular weight is 237 g/mol. The van der Waals surface area contributed by atoms with Gasteiger partial charge in [-0.15, -0.1) is 0 Å². The third kappa shape index (κ3) is 2.69. The third-order valence-electron chi connectivity index (χ3n) is 2.55. The van der Waals surface area contributed by atoms with Gasteiger partial charge in [-0.3, -0.25) is 0 Å². The SMILES string of the molecule is CO[Si](OC)(C(C)(C)C)C(C)(C)C.[SiH4]. The van der Waals surface area contributed by atoms with E-state index in [0.29, 0.717) is 0 Å². The van der Waals surface area contributed by atoms with Gasteiger partial charge in [-0.1, -0.05) is 41.5 Å². The van der Waals surface area contributed by atoms with Crippen LogP contribution in [0.2, 0.25) is 10.1 Å². The predicted molar refractivity (Wildman–Crippen MR) is 70.5 cm³/mol. The lowest BCUT2D eigenvalue weighted by Gasteiger charge is -2.47. The van der Waals surface area contributed by atoms with Crippen LogP contribution in [0.3, 0.4) is 0 Å². The molecule has 0 aromatic rings. The third-order valence-corrected chi connectivity index (χ3v) is 7.65. The first-order chi connectivity index (χ1) is 5.62. The fourth-order valence-electron chi connectivity index (χ4n) is 2.43. The van der Waals surface area contributed by atoms with Gasteiger partial charge >= 0.3 is 8.56 Å². The van der Waals surface area contributed by atoms with Crippen molar-refractivity contribution in [3.8, 4) is 0 Å². The molecular weight excluding hydrogens is 208 g/mol. The summed E-state index contributed by atoms with van der Waals surface area (Å²) in [5.41, 5.74) is 0. The lowest BCUT2D eigenvalue weighted by molar-refractivity contribution is 0.186. The quantitative estimate of drug-likeness (QED) is 0.682. The van der Waals surface area contributed by atoms with Crippen LogP contribution in [0.25, 0.3) is 0 Å². The second-order valence-electron chi connectivity index (χ2n) is 5.52. The van der Waals surface area contributed by atoms with E-state index in [1.54, 1.807) is 14.2 Å². The molecule has 0 radical (unpaired) electrons. The van der Waals surface area contributed by atoms with Crippen molar-refractivity contribution in [1.82, 2.24) is 0 Å². The minimum absolute atomic E-state index is 0. The van der Waals surface area contributed by atoms with Crippen LogP contribution in [-0.4, -0.2) is 33.7 Å². The Hall–Kier alpha value is 0.354. The Kier molecular flexibility index (Phi) is 5.89. The lowest BCUT2D eigenvalue weighted by atomic mass is 10.2. The summed E-state index contributed by atoms with van der Waals surface area (Å²) in [6.07, 6.45) is 0. The molecule has 0 heterocycles. The Morgan fingerprint density at radius 1 is 0.714 bits per heavy atom. The lowest BCUT2D eigenvalue weighted by Crippen LogP contribution is -2.55. The van der Waals surface area contributed by atoms with E-state index in [4.69, 9.17) is 8.85 Å². The molecule has 14 heavy (non-hydrogen) atoms. The topological polar surface area (TPSA) is 18.5 Å². The van der Waals surface area contributed by atoms with Gasteiger partial charge in [0.2, 0.25) is 0 Å².